The first kappa shape index (κ1) is 23.1. The van der Waals surface area contributed by atoms with Gasteiger partial charge in [-0.2, -0.15) is 0 Å². The second kappa shape index (κ2) is 11.1. The van der Waals surface area contributed by atoms with E-state index in [4.69, 9.17) is 4.74 Å². The molecule has 2 atom stereocenters. The average Bonchev–Trinajstić information content (AvgIpc) is 3.13. The number of carbonyl (C=O) groups is 3. The van der Waals surface area contributed by atoms with Gasteiger partial charge in [0.1, 0.15) is 12.1 Å². The molecule has 0 aliphatic rings. The SMILES string of the molecule is CCC(C)[C@H](NC(=O)OC(C(C)C)C(C)C)C(=O)C(=O)NCc1cccs1. The Balaban J connectivity index is 2.74. The number of rotatable bonds is 10. The van der Waals surface area contributed by atoms with Gasteiger partial charge in [0, 0.05) is 4.88 Å². The normalized spacial score (nSPS) is 13.5. The van der Waals surface area contributed by atoms with Crippen LogP contribution in [-0.4, -0.2) is 29.9 Å². The molecule has 1 heterocycles. The smallest absolute Gasteiger partial charge is 0.408 e. The average molecular weight is 397 g/mol. The van der Waals surface area contributed by atoms with Gasteiger partial charge in [0.15, 0.2) is 0 Å². The van der Waals surface area contributed by atoms with Crippen LogP contribution in [0.15, 0.2) is 17.5 Å². The number of hydrogen-bond donors (Lipinski definition) is 2. The van der Waals surface area contributed by atoms with E-state index in [1.54, 1.807) is 0 Å². The fourth-order valence-electron chi connectivity index (χ4n) is 2.84. The molecule has 0 fully saturated rings. The van der Waals surface area contributed by atoms with Crippen molar-refractivity contribution in [1.29, 1.82) is 0 Å². The maximum atomic E-state index is 12.6. The third-order valence-corrected chi connectivity index (χ3v) is 5.43. The number of alkyl carbamates (subject to hydrolysis) is 1. The summed E-state index contributed by atoms with van der Waals surface area (Å²) >= 11 is 1.50. The minimum Gasteiger partial charge on any atom is -0.446 e. The van der Waals surface area contributed by atoms with E-state index >= 15 is 0 Å². The van der Waals surface area contributed by atoms with Gasteiger partial charge in [-0.1, -0.05) is 54.0 Å². The van der Waals surface area contributed by atoms with Crippen molar-refractivity contribution in [2.75, 3.05) is 0 Å². The zero-order chi connectivity index (χ0) is 20.6. The monoisotopic (exact) mass is 396 g/mol. The molecule has 1 rings (SSSR count). The molecular weight excluding hydrogens is 364 g/mol. The molecule has 0 spiro atoms. The number of Topliss-reactive ketones (excluding diaryl/α,β-unsaturated/α-hetero) is 1. The molecule has 1 aromatic heterocycles. The highest BCUT2D eigenvalue weighted by molar-refractivity contribution is 7.09. The van der Waals surface area contributed by atoms with E-state index < -0.39 is 23.8 Å². The summed E-state index contributed by atoms with van der Waals surface area (Å²) in [5.41, 5.74) is 0. The van der Waals surface area contributed by atoms with Gasteiger partial charge in [-0.15, -0.1) is 11.3 Å². The molecule has 152 valence electrons. The highest BCUT2D eigenvalue weighted by Gasteiger charge is 2.32. The second-order valence-corrected chi connectivity index (χ2v) is 8.52. The van der Waals surface area contributed by atoms with Crippen LogP contribution in [0.5, 0.6) is 0 Å². The van der Waals surface area contributed by atoms with Crippen molar-refractivity contribution >= 4 is 29.1 Å². The molecule has 1 aromatic rings. The van der Waals surface area contributed by atoms with Crippen LogP contribution in [0.4, 0.5) is 4.79 Å². The molecule has 1 unspecified atom stereocenters. The molecule has 27 heavy (non-hydrogen) atoms. The number of ether oxygens (including phenoxy) is 1. The Labute approximate surface area is 166 Å². The highest BCUT2D eigenvalue weighted by Crippen LogP contribution is 2.17. The summed E-state index contributed by atoms with van der Waals surface area (Å²) in [5, 5.41) is 7.14. The second-order valence-electron chi connectivity index (χ2n) is 7.49. The quantitative estimate of drug-likeness (QED) is 0.590. The molecule has 6 nitrogen and oxygen atoms in total. The molecule has 0 bridgehead atoms. The third-order valence-electron chi connectivity index (χ3n) is 4.55. The molecule has 2 amide bonds. The van der Waals surface area contributed by atoms with Crippen LogP contribution < -0.4 is 10.6 Å². The first-order valence-corrected chi connectivity index (χ1v) is 10.4. The van der Waals surface area contributed by atoms with Crippen LogP contribution >= 0.6 is 11.3 Å². The Kier molecular flexibility index (Phi) is 9.49. The summed E-state index contributed by atoms with van der Waals surface area (Å²) in [6.07, 6.45) is -0.274. The molecule has 7 heteroatoms. The molecule has 0 aromatic carbocycles. The van der Waals surface area contributed by atoms with Crippen LogP contribution in [-0.2, 0) is 20.9 Å². The number of hydrogen-bond acceptors (Lipinski definition) is 5. The predicted molar refractivity (Wildman–Crippen MR) is 107 cm³/mol. The molecule has 0 aliphatic carbocycles. The van der Waals surface area contributed by atoms with E-state index in [9.17, 15) is 14.4 Å². The van der Waals surface area contributed by atoms with Crippen molar-refractivity contribution in [2.45, 2.75) is 66.7 Å². The van der Waals surface area contributed by atoms with Crippen LogP contribution in [0, 0.1) is 17.8 Å². The number of amides is 2. The summed E-state index contributed by atoms with van der Waals surface area (Å²) in [6, 6.07) is 2.86. The van der Waals surface area contributed by atoms with Crippen molar-refractivity contribution in [3.05, 3.63) is 22.4 Å². The Morgan fingerprint density at radius 2 is 1.74 bits per heavy atom. The fourth-order valence-corrected chi connectivity index (χ4v) is 3.48. The molecule has 0 saturated heterocycles. The number of thiophene rings is 1. The summed E-state index contributed by atoms with van der Waals surface area (Å²) in [7, 11) is 0. The molecule has 0 aliphatic heterocycles. The van der Waals surface area contributed by atoms with E-state index in [1.807, 2.05) is 59.1 Å². The van der Waals surface area contributed by atoms with E-state index in [0.29, 0.717) is 13.0 Å². The Hall–Kier alpha value is -1.89. The molecule has 0 saturated carbocycles. The van der Waals surface area contributed by atoms with Gasteiger partial charge in [-0.25, -0.2) is 4.79 Å². The van der Waals surface area contributed by atoms with Crippen molar-refractivity contribution in [2.24, 2.45) is 17.8 Å². The maximum absolute atomic E-state index is 12.6. The summed E-state index contributed by atoms with van der Waals surface area (Å²) in [5.74, 6) is -1.22. The van der Waals surface area contributed by atoms with Gasteiger partial charge in [0.05, 0.1) is 6.54 Å². The largest absolute Gasteiger partial charge is 0.446 e. The lowest BCUT2D eigenvalue weighted by Crippen LogP contribution is -2.51. The fraction of sp³-hybridized carbons (Fsp3) is 0.650. The number of ketones is 1. The van der Waals surface area contributed by atoms with E-state index in [0.717, 1.165) is 4.88 Å². The lowest BCUT2D eigenvalue weighted by Gasteiger charge is -2.27. The van der Waals surface area contributed by atoms with E-state index in [2.05, 4.69) is 10.6 Å². The Bertz CT molecular complexity index is 606. The van der Waals surface area contributed by atoms with Crippen LogP contribution in [0.1, 0.15) is 52.8 Å². The predicted octanol–water partition coefficient (Wildman–Crippen LogP) is 3.75. The zero-order valence-corrected chi connectivity index (χ0v) is 17.9. The lowest BCUT2D eigenvalue weighted by molar-refractivity contribution is -0.139. The molecule has 2 N–H and O–H groups in total. The summed E-state index contributed by atoms with van der Waals surface area (Å²) in [6.45, 7) is 12.0. The zero-order valence-electron chi connectivity index (χ0n) is 17.1. The maximum Gasteiger partial charge on any atom is 0.408 e. The van der Waals surface area contributed by atoms with Crippen molar-refractivity contribution in [3.63, 3.8) is 0 Å². The van der Waals surface area contributed by atoms with Gasteiger partial charge >= 0.3 is 6.09 Å². The minimum absolute atomic E-state index is 0.155. The number of carbonyl (C=O) groups excluding carboxylic acids is 3. The topological polar surface area (TPSA) is 84.5 Å². The lowest BCUT2D eigenvalue weighted by atomic mass is 9.95. The first-order chi connectivity index (χ1) is 12.7. The first-order valence-electron chi connectivity index (χ1n) is 9.48. The van der Waals surface area contributed by atoms with Crippen molar-refractivity contribution in [1.82, 2.24) is 10.6 Å². The van der Waals surface area contributed by atoms with Crippen molar-refractivity contribution < 1.29 is 19.1 Å². The van der Waals surface area contributed by atoms with Crippen LogP contribution in [0.2, 0.25) is 0 Å². The van der Waals surface area contributed by atoms with E-state index in [-0.39, 0.29) is 23.9 Å². The van der Waals surface area contributed by atoms with Crippen LogP contribution in [0.3, 0.4) is 0 Å². The summed E-state index contributed by atoms with van der Waals surface area (Å²) < 4.78 is 5.51. The van der Waals surface area contributed by atoms with Crippen molar-refractivity contribution in [3.8, 4) is 0 Å². The van der Waals surface area contributed by atoms with Gasteiger partial charge in [-0.3, -0.25) is 9.59 Å². The number of nitrogens with one attached hydrogen (secondary N) is 2. The molecular formula is C20H32N2O4S. The van der Waals surface area contributed by atoms with Gasteiger partial charge in [0.2, 0.25) is 5.78 Å². The highest BCUT2D eigenvalue weighted by atomic mass is 32.1. The Morgan fingerprint density at radius 1 is 1.11 bits per heavy atom. The van der Waals surface area contributed by atoms with E-state index in [1.165, 1.54) is 11.3 Å². The molecule has 0 radical (unpaired) electrons. The van der Waals surface area contributed by atoms with Gasteiger partial charge in [-0.05, 0) is 29.2 Å². The Morgan fingerprint density at radius 3 is 2.22 bits per heavy atom. The minimum atomic E-state index is -0.911. The van der Waals surface area contributed by atoms with Crippen LogP contribution in [0.25, 0.3) is 0 Å². The van der Waals surface area contributed by atoms with Gasteiger partial charge in [0.25, 0.3) is 5.91 Å². The summed E-state index contributed by atoms with van der Waals surface area (Å²) in [4.78, 5) is 38.2. The standard InChI is InChI=1S/C20H32N2O4S/c1-7-14(6)16(22-20(25)26-18(12(2)3)13(4)5)17(23)19(24)21-11-15-9-8-10-27-15/h8-10,12-14,16,18H,7,11H2,1-6H3,(H,21,24)(H,22,25)/t14?,16-/m0/s1. The van der Waals surface area contributed by atoms with Gasteiger partial charge < -0.3 is 15.4 Å². The third kappa shape index (κ3) is 7.33.